The van der Waals surface area contributed by atoms with Crippen molar-refractivity contribution in [3.63, 3.8) is 0 Å². The van der Waals surface area contributed by atoms with Gasteiger partial charge in [0.05, 0.1) is 12.0 Å². The van der Waals surface area contributed by atoms with Gasteiger partial charge in [-0.3, -0.25) is 19.2 Å². The number of phenols is 1. The third-order valence-corrected chi connectivity index (χ3v) is 7.09. The number of carbonyl (C=O) groups is 4. The lowest BCUT2D eigenvalue weighted by atomic mass is 9.61. The molecule has 0 saturated heterocycles. The van der Waals surface area contributed by atoms with Crippen LogP contribution in [-0.4, -0.2) is 56.0 Å². The lowest BCUT2D eigenvalue weighted by Gasteiger charge is -2.43. The predicted molar refractivity (Wildman–Crippen MR) is 127 cm³/mol. The van der Waals surface area contributed by atoms with Crippen molar-refractivity contribution in [1.29, 1.82) is 0 Å². The van der Waals surface area contributed by atoms with Gasteiger partial charge in [0.15, 0.2) is 11.4 Å². The van der Waals surface area contributed by atoms with E-state index in [1.54, 1.807) is 30.3 Å². The molecule has 0 radical (unpaired) electrons. The van der Waals surface area contributed by atoms with E-state index in [0.29, 0.717) is 16.7 Å². The maximum absolute atomic E-state index is 13.5. The van der Waals surface area contributed by atoms with E-state index in [-0.39, 0.29) is 41.7 Å². The van der Waals surface area contributed by atoms with Gasteiger partial charge in [-0.2, -0.15) is 0 Å². The van der Waals surface area contributed by atoms with Crippen molar-refractivity contribution < 1.29 is 39.6 Å². The fourth-order valence-electron chi connectivity index (χ4n) is 5.43. The van der Waals surface area contributed by atoms with Crippen LogP contribution in [0.1, 0.15) is 40.7 Å². The molecule has 0 aromatic heterocycles. The Labute approximate surface area is 205 Å². The summed E-state index contributed by atoms with van der Waals surface area (Å²) in [5.41, 5.74) is 9.57. The minimum atomic E-state index is -2.65. The van der Waals surface area contributed by atoms with Crippen LogP contribution in [0.5, 0.6) is 5.75 Å². The zero-order valence-electron chi connectivity index (χ0n) is 19.2. The molecule has 10 heteroatoms. The van der Waals surface area contributed by atoms with Gasteiger partial charge in [-0.1, -0.05) is 18.2 Å². The first-order valence-electron chi connectivity index (χ1n) is 11.4. The molecule has 8 N–H and O–H groups in total. The number of primary amides is 2. The fourth-order valence-corrected chi connectivity index (χ4v) is 5.43. The third kappa shape index (κ3) is 3.94. The molecule has 2 aliphatic rings. The minimum Gasteiger partial charge on any atom is -0.507 e. The largest absolute Gasteiger partial charge is 0.507 e. The number of phenolic OH excluding ortho intramolecular Hbond substituents is 1. The molecule has 2 aliphatic carbocycles. The quantitative estimate of drug-likeness (QED) is 0.303. The van der Waals surface area contributed by atoms with Gasteiger partial charge in [0.1, 0.15) is 11.5 Å². The number of fused-ring (bicyclic) bond motifs is 2. The van der Waals surface area contributed by atoms with E-state index in [4.69, 9.17) is 11.5 Å². The molecule has 2 amide bonds. The summed E-state index contributed by atoms with van der Waals surface area (Å²) in [5, 5.41) is 42.6. The first-order chi connectivity index (χ1) is 17.0. The lowest BCUT2D eigenvalue weighted by molar-refractivity contribution is -0.159. The molecule has 0 unspecified atom stereocenters. The van der Waals surface area contributed by atoms with Crippen molar-refractivity contribution in [2.45, 2.75) is 31.3 Å². The van der Waals surface area contributed by atoms with Crippen LogP contribution in [0.15, 0.2) is 42.0 Å². The Hall–Kier alpha value is -4.02. The van der Waals surface area contributed by atoms with E-state index < -0.39 is 59.6 Å². The highest BCUT2D eigenvalue weighted by Crippen LogP contribution is 2.50. The van der Waals surface area contributed by atoms with Crippen LogP contribution in [0.2, 0.25) is 0 Å². The van der Waals surface area contributed by atoms with E-state index >= 15 is 0 Å². The molecule has 188 valence electrons. The minimum absolute atomic E-state index is 0.0260. The Kier molecular flexibility index (Phi) is 6.42. The second kappa shape index (κ2) is 9.21. The van der Waals surface area contributed by atoms with Gasteiger partial charge in [-0.15, -0.1) is 0 Å². The average molecular weight is 495 g/mol. The Morgan fingerprint density at radius 1 is 1.08 bits per heavy atom. The first kappa shape index (κ1) is 25.1. The van der Waals surface area contributed by atoms with Crippen LogP contribution >= 0.6 is 0 Å². The second-order valence-electron chi connectivity index (χ2n) is 9.20. The first-order valence-corrected chi connectivity index (χ1v) is 11.4. The highest BCUT2D eigenvalue weighted by Gasteiger charge is 2.57. The Bertz CT molecular complexity index is 1330. The number of aliphatic hydroxyl groups excluding tert-OH is 2. The molecule has 0 aliphatic heterocycles. The van der Waals surface area contributed by atoms with Crippen molar-refractivity contribution in [2.75, 3.05) is 6.61 Å². The number of hydrogen-bond acceptors (Lipinski definition) is 8. The number of carbonyl (C=O) groups excluding carboxylic acids is 4. The number of Topliss-reactive ketones (excluding diaryl/α,β-unsaturated/α-hetero) is 2. The van der Waals surface area contributed by atoms with Crippen LogP contribution in [0.4, 0.5) is 0 Å². The highest BCUT2D eigenvalue weighted by molar-refractivity contribution is 6.23. The van der Waals surface area contributed by atoms with Crippen molar-refractivity contribution in [1.82, 2.24) is 0 Å². The molecule has 3 atom stereocenters. The summed E-state index contributed by atoms with van der Waals surface area (Å²) in [7, 11) is 0. The number of amides is 2. The average Bonchev–Trinajstić information content (AvgIpc) is 2.82. The smallest absolute Gasteiger partial charge is 0.248 e. The van der Waals surface area contributed by atoms with E-state index in [2.05, 4.69) is 0 Å². The molecule has 1 saturated carbocycles. The molecular weight excluding hydrogens is 468 g/mol. The van der Waals surface area contributed by atoms with Crippen LogP contribution < -0.4 is 11.5 Å². The van der Waals surface area contributed by atoms with Crippen molar-refractivity contribution >= 4 is 29.1 Å². The van der Waals surface area contributed by atoms with Gasteiger partial charge in [0.25, 0.3) is 0 Å². The van der Waals surface area contributed by atoms with Crippen LogP contribution in [0.3, 0.4) is 0 Å². The molecule has 4 rings (SSSR count). The van der Waals surface area contributed by atoms with E-state index in [1.165, 1.54) is 6.07 Å². The van der Waals surface area contributed by atoms with Crippen molar-refractivity contribution in [2.24, 2.45) is 23.3 Å². The molecule has 2 aromatic carbocycles. The number of hydrogen-bond donors (Lipinski definition) is 6. The molecule has 0 heterocycles. The summed E-state index contributed by atoms with van der Waals surface area (Å²) < 4.78 is 0. The van der Waals surface area contributed by atoms with E-state index in [9.17, 15) is 39.6 Å². The second-order valence-corrected chi connectivity index (χ2v) is 9.20. The fraction of sp³-hybridized carbons (Fsp3) is 0.308. The zero-order chi connectivity index (χ0) is 26.4. The topological polar surface area (TPSA) is 201 Å². The SMILES string of the molecule is NC(=O)CC(=O)[C@@]1(O)C(=O)C2=C(O)c3c(O)ccc(-c4cccc(C(N)=O)c4)c3C[C@H]2C[C@H]1CCO. The standard InChI is InChI=1S/C26H26N2O8/c27-20(32)11-19(31)26(36)15(6-7-29)9-14-10-17-16(12-2-1-3-13(8-12)25(28)35)4-5-18(30)22(17)23(33)21(14)24(26)34/h1-5,8,14-15,29-30,33,36H,6-7,9-11H2,(H2,27,32)(H2,28,35)/t14-,15-,26-/m1/s1. The summed E-state index contributed by atoms with van der Waals surface area (Å²) in [5.74, 6) is -6.41. The van der Waals surface area contributed by atoms with Crippen LogP contribution in [0.25, 0.3) is 16.9 Å². The Morgan fingerprint density at radius 3 is 2.44 bits per heavy atom. The lowest BCUT2D eigenvalue weighted by Crippen LogP contribution is -2.59. The number of ketones is 2. The summed E-state index contributed by atoms with van der Waals surface area (Å²) in [6, 6.07) is 9.45. The van der Waals surface area contributed by atoms with Crippen LogP contribution in [0, 0.1) is 11.8 Å². The van der Waals surface area contributed by atoms with E-state index in [1.807, 2.05) is 0 Å². The number of nitrogens with two attached hydrogens (primary N) is 2. The molecule has 36 heavy (non-hydrogen) atoms. The number of aliphatic hydroxyl groups is 3. The molecular formula is C26H26N2O8. The normalized spacial score (nSPS) is 23.1. The number of aromatic hydroxyl groups is 1. The number of rotatable bonds is 7. The Balaban J connectivity index is 1.89. The maximum atomic E-state index is 13.5. The van der Waals surface area contributed by atoms with Gasteiger partial charge in [-0.05, 0) is 60.1 Å². The summed E-state index contributed by atoms with van der Waals surface area (Å²) in [4.78, 5) is 49.4. The zero-order valence-corrected chi connectivity index (χ0v) is 19.2. The number of benzene rings is 2. The molecule has 1 fully saturated rings. The summed E-state index contributed by atoms with van der Waals surface area (Å²) in [6.45, 7) is -0.426. The molecule has 0 spiro atoms. The van der Waals surface area contributed by atoms with Crippen molar-refractivity contribution in [3.05, 3.63) is 58.7 Å². The highest BCUT2D eigenvalue weighted by atomic mass is 16.3. The van der Waals surface area contributed by atoms with E-state index in [0.717, 1.165) is 0 Å². The molecule has 2 aromatic rings. The van der Waals surface area contributed by atoms with Gasteiger partial charge in [0, 0.05) is 23.7 Å². The maximum Gasteiger partial charge on any atom is 0.248 e. The third-order valence-electron chi connectivity index (χ3n) is 7.09. The van der Waals surface area contributed by atoms with Gasteiger partial charge >= 0.3 is 0 Å². The summed E-state index contributed by atoms with van der Waals surface area (Å²) >= 11 is 0. The molecule has 10 nitrogen and oxygen atoms in total. The van der Waals surface area contributed by atoms with Gasteiger partial charge in [-0.25, -0.2) is 0 Å². The van der Waals surface area contributed by atoms with Gasteiger partial charge in [0.2, 0.25) is 17.6 Å². The summed E-state index contributed by atoms with van der Waals surface area (Å²) in [6.07, 6.45) is -0.779. The van der Waals surface area contributed by atoms with Crippen molar-refractivity contribution in [3.8, 4) is 16.9 Å². The predicted octanol–water partition coefficient (Wildman–Crippen LogP) is 0.746. The van der Waals surface area contributed by atoms with Crippen LogP contribution in [-0.2, 0) is 20.8 Å². The van der Waals surface area contributed by atoms with Gasteiger partial charge < -0.3 is 31.9 Å². The Morgan fingerprint density at radius 2 is 1.81 bits per heavy atom. The monoisotopic (exact) mass is 494 g/mol. The molecule has 0 bridgehead atoms.